The first-order valence-corrected chi connectivity index (χ1v) is 5.22. The molecule has 0 bridgehead atoms. The molecule has 1 saturated heterocycles. The highest BCUT2D eigenvalue weighted by Crippen LogP contribution is 2.16. The van der Waals surface area contributed by atoms with E-state index in [9.17, 15) is 4.79 Å². The van der Waals surface area contributed by atoms with Crippen LogP contribution in [0.15, 0.2) is 30.3 Å². The fourth-order valence-electron chi connectivity index (χ4n) is 1.60. The Morgan fingerprint density at radius 1 is 1.33 bits per heavy atom. The van der Waals surface area contributed by atoms with Gasteiger partial charge in [-0.1, -0.05) is 18.2 Å². The number of carbonyl (C=O) groups excluding carboxylic acids is 1. The van der Waals surface area contributed by atoms with Crippen LogP contribution in [0.2, 0.25) is 0 Å². The number of esters is 1. The number of benzene rings is 1. The van der Waals surface area contributed by atoms with Crippen molar-refractivity contribution >= 4 is 5.97 Å². The Labute approximate surface area is 89.0 Å². The first-order valence-electron chi connectivity index (χ1n) is 5.22. The van der Waals surface area contributed by atoms with E-state index < -0.39 is 0 Å². The molecule has 1 aromatic rings. The molecule has 0 unspecified atom stereocenters. The van der Waals surface area contributed by atoms with E-state index in [1.165, 1.54) is 0 Å². The van der Waals surface area contributed by atoms with Crippen molar-refractivity contribution in [1.82, 2.24) is 0 Å². The van der Waals surface area contributed by atoms with Gasteiger partial charge in [-0.2, -0.15) is 0 Å². The molecule has 0 aromatic heterocycles. The second-order valence-corrected chi connectivity index (χ2v) is 3.63. The minimum absolute atomic E-state index is 0.0774. The van der Waals surface area contributed by atoms with Gasteiger partial charge in [-0.15, -0.1) is 0 Å². The van der Waals surface area contributed by atoms with E-state index in [1.807, 2.05) is 30.3 Å². The molecular formula is C12H14O3. The summed E-state index contributed by atoms with van der Waals surface area (Å²) in [5.41, 5.74) is 0. The molecule has 1 aromatic carbocycles. The van der Waals surface area contributed by atoms with Crippen LogP contribution in [0.25, 0.3) is 0 Å². The zero-order chi connectivity index (χ0) is 10.5. The average molecular weight is 206 g/mol. The van der Waals surface area contributed by atoms with Gasteiger partial charge in [0, 0.05) is 6.42 Å². The number of ether oxygens (including phenoxy) is 2. The molecule has 0 radical (unpaired) electrons. The summed E-state index contributed by atoms with van der Waals surface area (Å²) in [6.07, 6.45) is 2.27. The summed E-state index contributed by atoms with van der Waals surface area (Å²) >= 11 is 0. The lowest BCUT2D eigenvalue weighted by Crippen LogP contribution is -2.28. The van der Waals surface area contributed by atoms with Crippen molar-refractivity contribution in [3.63, 3.8) is 0 Å². The Morgan fingerprint density at radius 3 is 2.87 bits per heavy atom. The summed E-state index contributed by atoms with van der Waals surface area (Å²) in [4.78, 5) is 11.0. The summed E-state index contributed by atoms with van der Waals surface area (Å²) in [6.45, 7) is 0.454. The Morgan fingerprint density at radius 2 is 2.13 bits per heavy atom. The van der Waals surface area contributed by atoms with Gasteiger partial charge in [0.05, 0.1) is 0 Å². The number of hydrogen-bond donors (Lipinski definition) is 0. The molecule has 2 rings (SSSR count). The lowest BCUT2D eigenvalue weighted by molar-refractivity contribution is -0.155. The lowest BCUT2D eigenvalue weighted by atomic mass is 10.1. The molecule has 0 spiro atoms. The summed E-state index contributed by atoms with van der Waals surface area (Å²) in [5.74, 6) is 0.710. The van der Waals surface area contributed by atoms with Crippen molar-refractivity contribution in [3.05, 3.63) is 30.3 Å². The number of rotatable bonds is 3. The van der Waals surface area contributed by atoms with Crippen molar-refractivity contribution in [3.8, 4) is 5.75 Å². The predicted octanol–water partition coefficient (Wildman–Crippen LogP) is 2.16. The molecule has 3 heteroatoms. The minimum Gasteiger partial charge on any atom is -0.490 e. The number of hydrogen-bond acceptors (Lipinski definition) is 3. The van der Waals surface area contributed by atoms with Crippen LogP contribution >= 0.6 is 0 Å². The van der Waals surface area contributed by atoms with Gasteiger partial charge in [0.2, 0.25) is 0 Å². The Kier molecular flexibility index (Phi) is 3.22. The van der Waals surface area contributed by atoms with Crippen LogP contribution in [-0.4, -0.2) is 18.7 Å². The van der Waals surface area contributed by atoms with Gasteiger partial charge >= 0.3 is 5.97 Å². The van der Waals surface area contributed by atoms with E-state index in [4.69, 9.17) is 9.47 Å². The predicted molar refractivity (Wildman–Crippen MR) is 55.7 cm³/mol. The highest BCUT2D eigenvalue weighted by atomic mass is 16.6. The summed E-state index contributed by atoms with van der Waals surface area (Å²) < 4.78 is 10.7. The monoisotopic (exact) mass is 206 g/mol. The average Bonchev–Trinajstić information content (AvgIpc) is 2.28. The molecule has 1 heterocycles. The maximum absolute atomic E-state index is 11.0. The normalized spacial score (nSPS) is 20.8. The third-order valence-corrected chi connectivity index (χ3v) is 2.38. The maximum atomic E-state index is 11.0. The first kappa shape index (κ1) is 10.0. The number of carbonyl (C=O) groups is 1. The van der Waals surface area contributed by atoms with Crippen LogP contribution in [0, 0.1) is 0 Å². The van der Waals surface area contributed by atoms with E-state index in [-0.39, 0.29) is 12.1 Å². The molecule has 1 fully saturated rings. The zero-order valence-corrected chi connectivity index (χ0v) is 8.52. The molecule has 0 aliphatic carbocycles. The van der Waals surface area contributed by atoms with Gasteiger partial charge in [0.1, 0.15) is 18.5 Å². The highest BCUT2D eigenvalue weighted by molar-refractivity contribution is 5.70. The molecule has 0 amide bonds. The fourth-order valence-corrected chi connectivity index (χ4v) is 1.60. The van der Waals surface area contributed by atoms with Gasteiger partial charge in [0.25, 0.3) is 0 Å². The quantitative estimate of drug-likeness (QED) is 0.711. The summed E-state index contributed by atoms with van der Waals surface area (Å²) in [6, 6.07) is 9.56. The summed E-state index contributed by atoms with van der Waals surface area (Å²) in [7, 11) is 0. The van der Waals surface area contributed by atoms with Gasteiger partial charge in [-0.3, -0.25) is 4.79 Å². The van der Waals surface area contributed by atoms with Crippen LogP contribution in [0.4, 0.5) is 0 Å². The van der Waals surface area contributed by atoms with Crippen molar-refractivity contribution in [2.24, 2.45) is 0 Å². The lowest BCUT2D eigenvalue weighted by Gasteiger charge is -2.22. The van der Waals surface area contributed by atoms with E-state index in [2.05, 4.69) is 0 Å². The van der Waals surface area contributed by atoms with Crippen LogP contribution in [0.5, 0.6) is 5.75 Å². The van der Waals surface area contributed by atoms with Gasteiger partial charge in [-0.05, 0) is 25.0 Å². The fraction of sp³-hybridized carbons (Fsp3) is 0.417. The molecule has 1 aliphatic heterocycles. The van der Waals surface area contributed by atoms with Gasteiger partial charge in [0.15, 0.2) is 0 Å². The molecule has 1 atom stereocenters. The molecule has 15 heavy (non-hydrogen) atoms. The number of cyclic esters (lactones) is 1. The maximum Gasteiger partial charge on any atom is 0.306 e. The molecule has 0 saturated carbocycles. The van der Waals surface area contributed by atoms with Crippen LogP contribution in [0.3, 0.4) is 0 Å². The van der Waals surface area contributed by atoms with Crippen LogP contribution in [-0.2, 0) is 9.53 Å². The molecule has 0 N–H and O–H groups in total. The smallest absolute Gasteiger partial charge is 0.306 e. The minimum atomic E-state index is -0.108. The Balaban J connectivity index is 1.80. The second kappa shape index (κ2) is 4.82. The van der Waals surface area contributed by atoms with Crippen LogP contribution < -0.4 is 4.74 Å². The topological polar surface area (TPSA) is 35.5 Å². The van der Waals surface area contributed by atoms with Gasteiger partial charge in [-0.25, -0.2) is 0 Å². The molecular weight excluding hydrogens is 192 g/mol. The Bertz CT molecular complexity index is 321. The van der Waals surface area contributed by atoms with Crippen molar-refractivity contribution in [1.29, 1.82) is 0 Å². The van der Waals surface area contributed by atoms with E-state index >= 15 is 0 Å². The third kappa shape index (κ3) is 2.98. The zero-order valence-electron chi connectivity index (χ0n) is 8.52. The van der Waals surface area contributed by atoms with Crippen molar-refractivity contribution in [2.75, 3.05) is 6.61 Å². The standard InChI is InChI=1S/C12H14O3/c13-12-8-4-7-11(15-12)9-14-10-5-2-1-3-6-10/h1-3,5-6,11H,4,7-9H2/t11-/m1/s1. The SMILES string of the molecule is O=C1CCC[C@H](COc2ccccc2)O1. The van der Waals surface area contributed by atoms with E-state index in [0.717, 1.165) is 18.6 Å². The third-order valence-electron chi connectivity index (χ3n) is 2.38. The molecule has 1 aliphatic rings. The van der Waals surface area contributed by atoms with E-state index in [1.54, 1.807) is 0 Å². The summed E-state index contributed by atoms with van der Waals surface area (Å²) in [5, 5.41) is 0. The van der Waals surface area contributed by atoms with E-state index in [0.29, 0.717) is 13.0 Å². The second-order valence-electron chi connectivity index (χ2n) is 3.63. The largest absolute Gasteiger partial charge is 0.490 e. The molecule has 3 nitrogen and oxygen atoms in total. The number of para-hydroxylation sites is 1. The Hall–Kier alpha value is -1.51. The highest BCUT2D eigenvalue weighted by Gasteiger charge is 2.20. The first-order chi connectivity index (χ1) is 7.34. The van der Waals surface area contributed by atoms with Crippen LogP contribution in [0.1, 0.15) is 19.3 Å². The van der Waals surface area contributed by atoms with Gasteiger partial charge < -0.3 is 9.47 Å². The molecule has 80 valence electrons. The van der Waals surface area contributed by atoms with Crippen molar-refractivity contribution in [2.45, 2.75) is 25.4 Å². The van der Waals surface area contributed by atoms with Crippen molar-refractivity contribution < 1.29 is 14.3 Å².